The second kappa shape index (κ2) is 7.40. The van der Waals surface area contributed by atoms with Crippen LogP contribution in [0.3, 0.4) is 0 Å². The van der Waals surface area contributed by atoms with Crippen LogP contribution in [0, 0.1) is 6.92 Å². The number of ether oxygens (including phenoxy) is 1. The third-order valence-corrected chi connectivity index (χ3v) is 3.75. The van der Waals surface area contributed by atoms with E-state index in [4.69, 9.17) is 9.26 Å². The molecule has 0 saturated carbocycles. The molecule has 0 aromatic carbocycles. The lowest BCUT2D eigenvalue weighted by atomic mass is 9.91. The van der Waals surface area contributed by atoms with E-state index < -0.39 is 0 Å². The lowest BCUT2D eigenvalue weighted by Crippen LogP contribution is -2.55. The molecule has 2 rings (SSSR count). The standard InChI is InChI=1S/C14H23N5O4/c1-9-15-13(23-17-9)10-5-6-19(14(21)18(2)3)7-11(10)16-12(20)8-22-4/h10-11H,5-8H2,1-4H3,(H,16,20)/t10-,11+/m0/s1. The van der Waals surface area contributed by atoms with Crippen LogP contribution in [-0.4, -0.2) is 78.8 Å². The molecule has 1 fully saturated rings. The summed E-state index contributed by atoms with van der Waals surface area (Å²) < 4.78 is 10.1. The van der Waals surface area contributed by atoms with Gasteiger partial charge in [-0.3, -0.25) is 4.79 Å². The van der Waals surface area contributed by atoms with Crippen molar-refractivity contribution >= 4 is 11.9 Å². The lowest BCUT2D eigenvalue weighted by molar-refractivity contribution is -0.126. The van der Waals surface area contributed by atoms with Gasteiger partial charge in [0.25, 0.3) is 0 Å². The van der Waals surface area contributed by atoms with E-state index in [0.717, 1.165) is 0 Å². The minimum Gasteiger partial charge on any atom is -0.375 e. The molecule has 9 heteroatoms. The SMILES string of the molecule is COCC(=O)N[C@@H]1CN(C(=O)N(C)C)CC[C@@H]1c1nc(C)no1. The molecule has 9 nitrogen and oxygen atoms in total. The molecule has 23 heavy (non-hydrogen) atoms. The Hall–Kier alpha value is -2.16. The Balaban J connectivity index is 2.14. The molecular weight excluding hydrogens is 302 g/mol. The summed E-state index contributed by atoms with van der Waals surface area (Å²) in [7, 11) is 4.86. The van der Waals surface area contributed by atoms with Crippen molar-refractivity contribution in [3.05, 3.63) is 11.7 Å². The normalized spacial score (nSPS) is 21.1. The highest BCUT2D eigenvalue weighted by Crippen LogP contribution is 2.27. The number of hydrogen-bond donors (Lipinski definition) is 1. The van der Waals surface area contributed by atoms with E-state index in [0.29, 0.717) is 31.2 Å². The van der Waals surface area contributed by atoms with Crippen LogP contribution in [0.5, 0.6) is 0 Å². The number of hydrogen-bond acceptors (Lipinski definition) is 6. The number of urea groups is 1. The van der Waals surface area contributed by atoms with Gasteiger partial charge in [-0.25, -0.2) is 4.79 Å². The Labute approximate surface area is 134 Å². The first-order valence-electron chi connectivity index (χ1n) is 7.47. The van der Waals surface area contributed by atoms with Crippen LogP contribution in [0.25, 0.3) is 0 Å². The van der Waals surface area contributed by atoms with Gasteiger partial charge < -0.3 is 24.4 Å². The fraction of sp³-hybridized carbons (Fsp3) is 0.714. The summed E-state index contributed by atoms with van der Waals surface area (Å²) in [4.78, 5) is 31.5. The summed E-state index contributed by atoms with van der Waals surface area (Å²) >= 11 is 0. The fourth-order valence-electron chi connectivity index (χ4n) is 2.69. The predicted molar refractivity (Wildman–Crippen MR) is 80.9 cm³/mol. The highest BCUT2D eigenvalue weighted by Gasteiger charge is 2.36. The highest BCUT2D eigenvalue weighted by molar-refractivity contribution is 5.78. The summed E-state index contributed by atoms with van der Waals surface area (Å²) in [6.07, 6.45) is 0.638. The van der Waals surface area contributed by atoms with E-state index >= 15 is 0 Å². The maximum Gasteiger partial charge on any atom is 0.319 e. The number of rotatable bonds is 4. The molecule has 1 aromatic heterocycles. The second-order valence-corrected chi connectivity index (χ2v) is 5.81. The molecule has 2 atom stereocenters. The van der Waals surface area contributed by atoms with Gasteiger partial charge in [-0.1, -0.05) is 5.16 Å². The summed E-state index contributed by atoms with van der Waals surface area (Å²) in [5.74, 6) is 0.678. The van der Waals surface area contributed by atoms with Gasteiger partial charge in [0.1, 0.15) is 6.61 Å². The molecule has 3 amide bonds. The maximum atomic E-state index is 12.2. The number of aromatic nitrogens is 2. The minimum atomic E-state index is -0.296. The molecule has 1 aliphatic heterocycles. The number of methoxy groups -OCH3 is 1. The van der Waals surface area contributed by atoms with E-state index in [9.17, 15) is 9.59 Å². The summed E-state index contributed by atoms with van der Waals surface area (Å²) in [6.45, 7) is 2.67. The molecule has 0 radical (unpaired) electrons. The molecule has 1 saturated heterocycles. The monoisotopic (exact) mass is 325 g/mol. The van der Waals surface area contributed by atoms with Crippen molar-refractivity contribution in [2.75, 3.05) is 40.9 Å². The van der Waals surface area contributed by atoms with Crippen LogP contribution in [0.1, 0.15) is 24.1 Å². The van der Waals surface area contributed by atoms with Gasteiger partial charge in [0, 0.05) is 34.3 Å². The molecule has 1 N–H and O–H groups in total. The number of aryl methyl sites for hydroxylation is 1. The average molecular weight is 325 g/mol. The lowest BCUT2D eigenvalue weighted by Gasteiger charge is -2.38. The largest absolute Gasteiger partial charge is 0.375 e. The van der Waals surface area contributed by atoms with Crippen LogP contribution < -0.4 is 5.32 Å². The predicted octanol–water partition coefficient (Wildman–Crippen LogP) is -0.0199. The van der Waals surface area contributed by atoms with E-state index in [-0.39, 0.29) is 30.5 Å². The van der Waals surface area contributed by atoms with Crippen molar-refractivity contribution in [1.29, 1.82) is 0 Å². The minimum absolute atomic E-state index is 0.0340. The van der Waals surface area contributed by atoms with Gasteiger partial charge in [-0.05, 0) is 13.3 Å². The van der Waals surface area contributed by atoms with Crippen LogP contribution in [-0.2, 0) is 9.53 Å². The third-order valence-electron chi connectivity index (χ3n) is 3.75. The van der Waals surface area contributed by atoms with E-state index in [2.05, 4.69) is 15.5 Å². The number of carbonyl (C=O) groups is 2. The van der Waals surface area contributed by atoms with Crippen LogP contribution >= 0.6 is 0 Å². The van der Waals surface area contributed by atoms with E-state index in [1.807, 2.05) is 0 Å². The van der Waals surface area contributed by atoms with Crippen molar-refractivity contribution in [1.82, 2.24) is 25.3 Å². The van der Waals surface area contributed by atoms with Gasteiger partial charge in [0.05, 0.1) is 12.0 Å². The molecule has 2 heterocycles. The van der Waals surface area contributed by atoms with Crippen molar-refractivity contribution in [3.8, 4) is 0 Å². The van der Waals surface area contributed by atoms with Crippen molar-refractivity contribution in [2.45, 2.75) is 25.3 Å². The number of piperidine rings is 1. The highest BCUT2D eigenvalue weighted by atomic mass is 16.5. The third kappa shape index (κ3) is 4.19. The van der Waals surface area contributed by atoms with E-state index in [1.165, 1.54) is 12.0 Å². The van der Waals surface area contributed by atoms with Gasteiger partial charge in [0.2, 0.25) is 11.8 Å². The summed E-state index contributed by atoms with van der Waals surface area (Å²) in [6, 6.07) is -0.383. The quantitative estimate of drug-likeness (QED) is 0.835. The van der Waals surface area contributed by atoms with Gasteiger partial charge in [0.15, 0.2) is 5.82 Å². The fourth-order valence-corrected chi connectivity index (χ4v) is 2.69. The molecule has 0 bridgehead atoms. The molecule has 0 unspecified atom stereocenters. The number of carbonyl (C=O) groups excluding carboxylic acids is 2. The number of likely N-dealkylation sites (tertiary alicyclic amines) is 1. The van der Waals surface area contributed by atoms with Gasteiger partial charge in [-0.15, -0.1) is 0 Å². The summed E-state index contributed by atoms with van der Waals surface area (Å²) in [5, 5.41) is 6.71. The van der Waals surface area contributed by atoms with Crippen molar-refractivity contribution in [3.63, 3.8) is 0 Å². The first-order valence-corrected chi connectivity index (χ1v) is 7.47. The number of amides is 3. The topological polar surface area (TPSA) is 101 Å². The zero-order valence-electron chi connectivity index (χ0n) is 13.9. The second-order valence-electron chi connectivity index (χ2n) is 5.81. The van der Waals surface area contributed by atoms with Crippen molar-refractivity contribution < 1.29 is 18.8 Å². The van der Waals surface area contributed by atoms with E-state index in [1.54, 1.807) is 25.9 Å². The molecule has 128 valence electrons. The summed E-state index contributed by atoms with van der Waals surface area (Å²) in [5.41, 5.74) is 0. The zero-order valence-corrected chi connectivity index (χ0v) is 13.9. The first-order chi connectivity index (χ1) is 10.9. The Kier molecular flexibility index (Phi) is 5.54. The Morgan fingerprint density at radius 1 is 1.48 bits per heavy atom. The Morgan fingerprint density at radius 2 is 2.22 bits per heavy atom. The molecular formula is C14H23N5O4. The first kappa shape index (κ1) is 17.2. The van der Waals surface area contributed by atoms with Crippen LogP contribution in [0.2, 0.25) is 0 Å². The Morgan fingerprint density at radius 3 is 2.78 bits per heavy atom. The number of nitrogens with one attached hydrogen (secondary N) is 1. The van der Waals surface area contributed by atoms with Crippen LogP contribution in [0.4, 0.5) is 4.79 Å². The van der Waals surface area contributed by atoms with Gasteiger partial charge >= 0.3 is 6.03 Å². The zero-order chi connectivity index (χ0) is 17.0. The molecule has 1 aliphatic rings. The van der Waals surface area contributed by atoms with Crippen LogP contribution in [0.15, 0.2) is 4.52 Å². The molecule has 0 spiro atoms. The number of nitrogens with zero attached hydrogens (tertiary/aromatic N) is 4. The Bertz CT molecular complexity index is 559. The maximum absolute atomic E-state index is 12.2. The smallest absolute Gasteiger partial charge is 0.319 e. The van der Waals surface area contributed by atoms with Crippen molar-refractivity contribution in [2.24, 2.45) is 0 Å². The van der Waals surface area contributed by atoms with Gasteiger partial charge in [-0.2, -0.15) is 4.98 Å². The molecule has 0 aliphatic carbocycles. The molecule has 1 aromatic rings. The average Bonchev–Trinajstić information content (AvgIpc) is 2.92.